The molecule has 0 N–H and O–H groups in total. The number of ether oxygens (including phenoxy) is 2. The Hall–Kier alpha value is -5.52. The van der Waals surface area contributed by atoms with Gasteiger partial charge in [-0.25, -0.2) is 4.99 Å². The Balaban J connectivity index is 1.25. The van der Waals surface area contributed by atoms with Crippen molar-refractivity contribution in [2.24, 2.45) is 4.99 Å². The summed E-state index contributed by atoms with van der Waals surface area (Å²) in [5.74, 6) is 1.40. The van der Waals surface area contributed by atoms with E-state index in [0.29, 0.717) is 28.8 Å². The number of carbonyl (C=O) groups excluding carboxylic acids is 1. The van der Waals surface area contributed by atoms with Crippen LogP contribution in [0.4, 0.5) is 5.69 Å². The smallest absolute Gasteiger partial charge is 0.267 e. The van der Waals surface area contributed by atoms with Crippen LogP contribution < -0.4 is 9.47 Å². The van der Waals surface area contributed by atoms with Crippen LogP contribution in [0.3, 0.4) is 0 Å². The Labute approximate surface area is 273 Å². The number of thioether (sulfide) groups is 1. The number of hydrogen-bond donors (Lipinski definition) is 0. The molecule has 0 bridgehead atoms. The molecule has 0 saturated carbocycles. The molecule has 8 heteroatoms. The highest BCUT2D eigenvalue weighted by Gasteiger charge is 2.34. The number of aliphatic imine (C=N–C) groups is 1. The summed E-state index contributed by atoms with van der Waals surface area (Å²) in [7, 11) is 1.64. The summed E-state index contributed by atoms with van der Waals surface area (Å²) < 4.78 is 13.4. The minimum atomic E-state index is -0.0835. The first-order valence-corrected chi connectivity index (χ1v) is 15.6. The molecule has 2 heterocycles. The molecule has 1 saturated heterocycles. The molecule has 7 nitrogen and oxygen atoms in total. The molecule has 1 aliphatic heterocycles. The highest BCUT2D eigenvalue weighted by Crippen LogP contribution is 2.36. The molecule has 1 aromatic heterocycles. The number of amides is 1. The molecule has 0 atom stereocenters. The van der Waals surface area contributed by atoms with Gasteiger partial charge < -0.3 is 14.0 Å². The second-order valence-corrected chi connectivity index (χ2v) is 11.8. The number of carbonyl (C=O) groups is 1. The van der Waals surface area contributed by atoms with E-state index in [1.165, 1.54) is 11.8 Å². The van der Waals surface area contributed by atoms with Crippen LogP contribution in [-0.2, 0) is 17.9 Å². The molecule has 0 spiro atoms. The fraction of sp³-hybridized carbons (Fsp3) is 0.132. The summed E-state index contributed by atoms with van der Waals surface area (Å²) in [4.78, 5) is 21.0. The Kier molecular flexibility index (Phi) is 9.04. The van der Waals surface area contributed by atoms with E-state index < -0.39 is 0 Å². The largest absolute Gasteiger partial charge is 0.497 e. The molecule has 0 radical (unpaired) electrons. The monoisotopic (exact) mass is 624 g/mol. The summed E-state index contributed by atoms with van der Waals surface area (Å²) in [6.07, 6.45) is 1.96. The van der Waals surface area contributed by atoms with Crippen molar-refractivity contribution in [2.75, 3.05) is 7.11 Å². The molecule has 0 aliphatic carbocycles. The van der Waals surface area contributed by atoms with Gasteiger partial charge in [-0.05, 0) is 103 Å². The summed E-state index contributed by atoms with van der Waals surface area (Å²) in [5.41, 5.74) is 7.25. The zero-order chi connectivity index (χ0) is 32.0. The van der Waals surface area contributed by atoms with Gasteiger partial charge in [0.1, 0.15) is 18.1 Å². The topological polar surface area (TPSA) is 79.9 Å². The average Bonchev–Trinajstić information content (AvgIpc) is 3.53. The van der Waals surface area contributed by atoms with Crippen LogP contribution in [0.1, 0.15) is 33.6 Å². The SMILES string of the molecule is COc1ccc(CN2C(=O)/C(=C/c3cc(C)n(-c4ccc(OCc5ccccc5C#N)cc4)c3C)SC2=Nc2ccccc2)cc1. The summed E-state index contributed by atoms with van der Waals surface area (Å²) in [5, 5.41) is 9.99. The van der Waals surface area contributed by atoms with Crippen molar-refractivity contribution in [3.05, 3.63) is 148 Å². The van der Waals surface area contributed by atoms with Gasteiger partial charge in [0.25, 0.3) is 5.91 Å². The highest BCUT2D eigenvalue weighted by atomic mass is 32.2. The van der Waals surface area contributed by atoms with Crippen molar-refractivity contribution >= 4 is 34.6 Å². The van der Waals surface area contributed by atoms with Crippen molar-refractivity contribution in [2.45, 2.75) is 27.0 Å². The van der Waals surface area contributed by atoms with Gasteiger partial charge in [-0.1, -0.05) is 48.5 Å². The number of benzene rings is 4. The quantitative estimate of drug-likeness (QED) is 0.154. The molecular formula is C38H32N4O3S. The van der Waals surface area contributed by atoms with E-state index in [4.69, 9.17) is 14.5 Å². The van der Waals surface area contributed by atoms with Crippen molar-refractivity contribution in [3.63, 3.8) is 0 Å². The number of para-hydroxylation sites is 1. The number of aromatic nitrogens is 1. The summed E-state index contributed by atoms with van der Waals surface area (Å²) >= 11 is 1.39. The number of nitriles is 1. The van der Waals surface area contributed by atoms with Gasteiger partial charge in [0.2, 0.25) is 0 Å². The van der Waals surface area contributed by atoms with E-state index in [0.717, 1.165) is 51.0 Å². The van der Waals surface area contributed by atoms with Gasteiger partial charge in [-0.2, -0.15) is 5.26 Å². The molecule has 1 aliphatic rings. The molecule has 5 aromatic rings. The molecule has 46 heavy (non-hydrogen) atoms. The number of nitrogens with zero attached hydrogens (tertiary/aromatic N) is 4. The predicted molar refractivity (Wildman–Crippen MR) is 183 cm³/mol. The number of amidine groups is 1. The Morgan fingerprint density at radius 2 is 1.59 bits per heavy atom. The van der Waals surface area contributed by atoms with E-state index in [1.807, 2.05) is 103 Å². The maximum atomic E-state index is 13.8. The first-order chi connectivity index (χ1) is 22.4. The lowest BCUT2D eigenvalue weighted by Gasteiger charge is -2.16. The van der Waals surface area contributed by atoms with E-state index in [9.17, 15) is 10.1 Å². The summed E-state index contributed by atoms with van der Waals surface area (Å²) in [6.45, 7) is 4.83. The first-order valence-electron chi connectivity index (χ1n) is 14.8. The number of methoxy groups -OCH3 is 1. The number of hydrogen-bond acceptors (Lipinski definition) is 6. The Morgan fingerprint density at radius 3 is 2.30 bits per heavy atom. The maximum absolute atomic E-state index is 13.8. The van der Waals surface area contributed by atoms with Crippen LogP contribution in [0.15, 0.2) is 119 Å². The van der Waals surface area contributed by atoms with Crippen LogP contribution in [0.5, 0.6) is 11.5 Å². The van der Waals surface area contributed by atoms with E-state index in [2.05, 4.69) is 30.6 Å². The fourth-order valence-corrected chi connectivity index (χ4v) is 6.33. The van der Waals surface area contributed by atoms with Gasteiger partial charge >= 0.3 is 0 Å². The zero-order valence-electron chi connectivity index (χ0n) is 25.8. The molecule has 6 rings (SSSR count). The van der Waals surface area contributed by atoms with Crippen LogP contribution in [0.25, 0.3) is 11.8 Å². The Morgan fingerprint density at radius 1 is 0.891 bits per heavy atom. The molecular weight excluding hydrogens is 593 g/mol. The van der Waals surface area contributed by atoms with Crippen molar-refractivity contribution in [1.29, 1.82) is 5.26 Å². The van der Waals surface area contributed by atoms with E-state index in [1.54, 1.807) is 18.1 Å². The van der Waals surface area contributed by atoms with Crippen LogP contribution >= 0.6 is 11.8 Å². The lowest BCUT2D eigenvalue weighted by molar-refractivity contribution is -0.122. The lowest BCUT2D eigenvalue weighted by atomic mass is 10.1. The zero-order valence-corrected chi connectivity index (χ0v) is 26.6. The van der Waals surface area contributed by atoms with Gasteiger partial charge in [-0.15, -0.1) is 0 Å². The number of aryl methyl sites for hydroxylation is 1. The molecule has 0 unspecified atom stereocenters. The normalized spacial score (nSPS) is 14.6. The van der Waals surface area contributed by atoms with Crippen LogP contribution in [0.2, 0.25) is 0 Å². The van der Waals surface area contributed by atoms with E-state index in [-0.39, 0.29) is 5.91 Å². The van der Waals surface area contributed by atoms with Gasteiger partial charge in [0.05, 0.1) is 35.9 Å². The second kappa shape index (κ2) is 13.6. The highest BCUT2D eigenvalue weighted by molar-refractivity contribution is 8.18. The van der Waals surface area contributed by atoms with Gasteiger partial charge in [-0.3, -0.25) is 9.69 Å². The third-order valence-corrected chi connectivity index (χ3v) is 8.76. The molecule has 1 amide bonds. The second-order valence-electron chi connectivity index (χ2n) is 10.8. The summed E-state index contributed by atoms with van der Waals surface area (Å²) in [6, 6.07) is 37.1. The first kappa shape index (κ1) is 30.5. The van der Waals surface area contributed by atoms with Crippen molar-refractivity contribution < 1.29 is 14.3 Å². The molecule has 228 valence electrons. The predicted octanol–water partition coefficient (Wildman–Crippen LogP) is 8.36. The average molecular weight is 625 g/mol. The fourth-order valence-electron chi connectivity index (χ4n) is 5.34. The van der Waals surface area contributed by atoms with Crippen LogP contribution in [-0.4, -0.2) is 27.7 Å². The Bertz CT molecular complexity index is 1970. The standard InChI is InChI=1S/C38H32N4O3S/c1-26-21-31(27(2)42(26)33-15-19-35(20-16-33)45-25-30-10-8-7-9-29(30)23-39)22-36-37(43)41(24-28-13-17-34(44-3)18-14-28)38(46-36)40-32-11-5-4-6-12-32/h4-22H,24-25H2,1-3H3/b36-22-,40-38?. The van der Waals surface area contributed by atoms with Crippen LogP contribution in [0, 0.1) is 25.2 Å². The minimum Gasteiger partial charge on any atom is -0.497 e. The third kappa shape index (κ3) is 6.60. The maximum Gasteiger partial charge on any atom is 0.267 e. The minimum absolute atomic E-state index is 0.0835. The lowest BCUT2D eigenvalue weighted by Crippen LogP contribution is -2.28. The van der Waals surface area contributed by atoms with Crippen molar-refractivity contribution in [1.82, 2.24) is 9.47 Å². The van der Waals surface area contributed by atoms with Crippen molar-refractivity contribution in [3.8, 4) is 23.3 Å². The third-order valence-electron chi connectivity index (χ3n) is 7.75. The number of rotatable bonds is 9. The van der Waals surface area contributed by atoms with Gasteiger partial charge in [0, 0.05) is 22.6 Å². The molecule has 1 fully saturated rings. The van der Waals surface area contributed by atoms with E-state index >= 15 is 0 Å². The van der Waals surface area contributed by atoms with Gasteiger partial charge in [0.15, 0.2) is 5.17 Å². The molecule has 4 aromatic carbocycles.